The molecule has 5 nitrogen and oxygen atoms in total. The summed E-state index contributed by atoms with van der Waals surface area (Å²) < 4.78 is 67.7. The molecule has 2 aromatic rings. The van der Waals surface area contributed by atoms with Crippen LogP contribution in [0, 0.1) is 0 Å². The minimum absolute atomic E-state index is 0.0104. The number of benzene rings is 2. The molecule has 0 fully saturated rings. The van der Waals surface area contributed by atoms with Crippen LogP contribution >= 0.6 is 11.8 Å². The van der Waals surface area contributed by atoms with Crippen LogP contribution in [0.2, 0.25) is 0 Å². The average molecular weight is 419 g/mol. The predicted molar refractivity (Wildman–Crippen MR) is 97.4 cm³/mol. The molecule has 0 aliphatic carbocycles. The monoisotopic (exact) mass is 419 g/mol. The molecular weight excluding hydrogens is 403 g/mol. The molecule has 0 aliphatic heterocycles. The van der Waals surface area contributed by atoms with Crippen LogP contribution in [-0.2, 0) is 20.9 Å². The van der Waals surface area contributed by atoms with Crippen molar-refractivity contribution in [2.75, 3.05) is 23.3 Å². The highest BCUT2D eigenvalue weighted by molar-refractivity contribution is 7.99. The maximum atomic E-state index is 12.7. The van der Waals surface area contributed by atoms with Crippen molar-refractivity contribution in [1.82, 2.24) is 0 Å². The van der Waals surface area contributed by atoms with Crippen LogP contribution in [0.1, 0.15) is 15.9 Å². The summed E-state index contributed by atoms with van der Waals surface area (Å²) in [4.78, 5) is 12.4. The van der Waals surface area contributed by atoms with E-state index >= 15 is 0 Å². The third kappa shape index (κ3) is 7.14. The van der Waals surface area contributed by atoms with Gasteiger partial charge in [0.05, 0.1) is 17.4 Å². The van der Waals surface area contributed by atoms with Crippen molar-refractivity contribution in [2.24, 2.45) is 0 Å². The highest BCUT2D eigenvalue weighted by Crippen LogP contribution is 2.31. The summed E-state index contributed by atoms with van der Waals surface area (Å²) in [5, 5.41) is 0. The van der Waals surface area contributed by atoms with Gasteiger partial charge in [0.25, 0.3) is 0 Å². The van der Waals surface area contributed by atoms with Crippen molar-refractivity contribution >= 4 is 33.4 Å². The zero-order valence-corrected chi connectivity index (χ0v) is 15.7. The first kappa shape index (κ1) is 21.1. The molecule has 0 atom stereocenters. The van der Waals surface area contributed by atoms with Gasteiger partial charge in [-0.1, -0.05) is 12.1 Å². The smallest absolute Gasteiger partial charge is 0.416 e. The van der Waals surface area contributed by atoms with Gasteiger partial charge in [0.2, 0.25) is 10.0 Å². The van der Waals surface area contributed by atoms with Crippen molar-refractivity contribution in [3.63, 3.8) is 0 Å². The lowest BCUT2D eigenvalue weighted by Gasteiger charge is -2.09. The Labute approximate surface area is 159 Å². The summed E-state index contributed by atoms with van der Waals surface area (Å²) in [5.41, 5.74) is -0.349. The summed E-state index contributed by atoms with van der Waals surface area (Å²) in [6, 6.07) is 10.7. The Kier molecular flexibility index (Phi) is 6.77. The maximum absolute atomic E-state index is 12.7. The van der Waals surface area contributed by atoms with Gasteiger partial charge in [-0.15, -0.1) is 11.8 Å². The van der Waals surface area contributed by atoms with Gasteiger partial charge in [-0.05, 0) is 36.4 Å². The van der Waals surface area contributed by atoms with Crippen LogP contribution in [0.3, 0.4) is 0 Å². The molecule has 27 heavy (non-hydrogen) atoms. The van der Waals surface area contributed by atoms with Crippen LogP contribution in [0.15, 0.2) is 53.4 Å². The number of thioether (sulfide) groups is 1. The molecule has 146 valence electrons. The Morgan fingerprint density at radius 2 is 1.85 bits per heavy atom. The predicted octanol–water partition coefficient (Wildman–Crippen LogP) is 4.03. The quantitative estimate of drug-likeness (QED) is 0.417. The van der Waals surface area contributed by atoms with E-state index in [0.717, 1.165) is 30.2 Å². The molecule has 2 aromatic carbocycles. The molecule has 10 heteroatoms. The van der Waals surface area contributed by atoms with E-state index in [9.17, 15) is 26.4 Å². The molecule has 0 heterocycles. The van der Waals surface area contributed by atoms with Crippen LogP contribution < -0.4 is 4.72 Å². The van der Waals surface area contributed by atoms with Crippen molar-refractivity contribution in [3.05, 3.63) is 59.7 Å². The second kappa shape index (κ2) is 8.66. The second-order valence-corrected chi connectivity index (χ2v) is 8.38. The number of alkyl halides is 3. The molecule has 0 unspecified atom stereocenters. The van der Waals surface area contributed by atoms with E-state index < -0.39 is 27.7 Å². The number of carbonyl (C=O) groups is 1. The molecule has 0 radical (unpaired) electrons. The average Bonchev–Trinajstić information content (AvgIpc) is 2.57. The highest BCUT2D eigenvalue weighted by Gasteiger charge is 2.30. The number of carbonyl (C=O) groups excluding carboxylic acids is 1. The van der Waals surface area contributed by atoms with E-state index in [1.165, 1.54) is 30.3 Å². The Morgan fingerprint density at radius 1 is 1.15 bits per heavy atom. The Bertz CT molecular complexity index is 914. The molecular formula is C17H16F3NO4S2. The lowest BCUT2D eigenvalue weighted by molar-refractivity contribution is -0.137. The molecule has 2 rings (SSSR count). The first-order valence-corrected chi connectivity index (χ1v) is 10.5. The molecule has 0 bridgehead atoms. The van der Waals surface area contributed by atoms with Crippen molar-refractivity contribution < 1.29 is 31.1 Å². The number of hydrogen-bond donors (Lipinski definition) is 1. The number of nitrogens with one attached hydrogen (secondary N) is 1. The van der Waals surface area contributed by atoms with Crippen molar-refractivity contribution in [2.45, 2.75) is 11.1 Å². The Balaban J connectivity index is 1.87. The van der Waals surface area contributed by atoms with Gasteiger partial charge in [-0.2, -0.15) is 13.2 Å². The number of hydrogen-bond acceptors (Lipinski definition) is 5. The van der Waals surface area contributed by atoms with Crippen molar-refractivity contribution in [3.8, 4) is 0 Å². The summed E-state index contributed by atoms with van der Waals surface area (Å²) >= 11 is 1.13. The van der Waals surface area contributed by atoms with E-state index in [1.54, 1.807) is 6.07 Å². The van der Waals surface area contributed by atoms with Gasteiger partial charge >= 0.3 is 12.1 Å². The SMILES string of the molecule is CS(=O)(=O)Nc1cccc(C(=O)OCCSc2cccc(C(F)(F)F)c2)c1. The first-order chi connectivity index (χ1) is 12.5. The molecule has 0 amide bonds. The summed E-state index contributed by atoms with van der Waals surface area (Å²) in [5.74, 6) is -0.384. The third-order valence-electron chi connectivity index (χ3n) is 3.15. The molecule has 0 aromatic heterocycles. The van der Waals surface area contributed by atoms with Crippen LogP contribution in [0.25, 0.3) is 0 Å². The molecule has 0 aliphatic rings. The van der Waals surface area contributed by atoms with Crippen LogP contribution in [0.5, 0.6) is 0 Å². The van der Waals surface area contributed by atoms with E-state index in [0.29, 0.717) is 4.90 Å². The highest BCUT2D eigenvalue weighted by atomic mass is 32.2. The van der Waals surface area contributed by atoms with Crippen LogP contribution in [0.4, 0.5) is 18.9 Å². The van der Waals surface area contributed by atoms with Gasteiger partial charge in [0, 0.05) is 16.3 Å². The minimum Gasteiger partial charge on any atom is -0.461 e. The third-order valence-corrected chi connectivity index (χ3v) is 4.71. The van der Waals surface area contributed by atoms with E-state index in [-0.39, 0.29) is 23.6 Å². The largest absolute Gasteiger partial charge is 0.461 e. The molecule has 0 saturated heterocycles. The lowest BCUT2D eigenvalue weighted by Crippen LogP contribution is -2.11. The molecule has 0 spiro atoms. The second-order valence-electron chi connectivity index (χ2n) is 5.47. The fourth-order valence-electron chi connectivity index (χ4n) is 2.06. The fourth-order valence-corrected chi connectivity index (χ4v) is 3.41. The normalized spacial score (nSPS) is 11.9. The Hall–Kier alpha value is -2.20. The number of esters is 1. The minimum atomic E-state index is -4.41. The zero-order chi connectivity index (χ0) is 20.1. The van der Waals surface area contributed by atoms with Gasteiger partial charge in [0.1, 0.15) is 6.61 Å². The molecule has 1 N–H and O–H groups in total. The van der Waals surface area contributed by atoms with Gasteiger partial charge < -0.3 is 4.74 Å². The first-order valence-electron chi connectivity index (χ1n) is 7.60. The van der Waals surface area contributed by atoms with Gasteiger partial charge in [-0.3, -0.25) is 4.72 Å². The van der Waals surface area contributed by atoms with Gasteiger partial charge in [-0.25, -0.2) is 13.2 Å². The van der Waals surface area contributed by atoms with Gasteiger partial charge in [0.15, 0.2) is 0 Å². The van der Waals surface area contributed by atoms with Crippen LogP contribution in [-0.4, -0.2) is 33.0 Å². The Morgan fingerprint density at radius 3 is 2.52 bits per heavy atom. The van der Waals surface area contributed by atoms with E-state index in [4.69, 9.17) is 4.74 Å². The number of ether oxygens (including phenoxy) is 1. The summed E-state index contributed by atoms with van der Waals surface area (Å²) in [7, 11) is -3.47. The maximum Gasteiger partial charge on any atom is 0.416 e. The van der Waals surface area contributed by atoms with E-state index in [2.05, 4.69) is 4.72 Å². The number of rotatable bonds is 7. The fraction of sp³-hybridized carbons (Fsp3) is 0.235. The topological polar surface area (TPSA) is 72.5 Å². The summed E-state index contributed by atoms with van der Waals surface area (Å²) in [6.07, 6.45) is -3.42. The zero-order valence-electron chi connectivity index (χ0n) is 14.1. The molecule has 0 saturated carbocycles. The lowest BCUT2D eigenvalue weighted by atomic mass is 10.2. The number of halogens is 3. The van der Waals surface area contributed by atoms with E-state index in [1.807, 2.05) is 0 Å². The summed E-state index contributed by atoms with van der Waals surface area (Å²) in [6.45, 7) is -0.0104. The standard InChI is InChI=1S/C17H16F3NO4S2/c1-27(23,24)21-14-6-2-4-12(10-14)16(22)25-8-9-26-15-7-3-5-13(11-15)17(18,19)20/h2-7,10-11,21H,8-9H2,1H3. The van der Waals surface area contributed by atoms with Crippen molar-refractivity contribution in [1.29, 1.82) is 0 Å². The number of anilines is 1. The number of sulfonamides is 1.